The first kappa shape index (κ1) is 17.3. The van der Waals surface area contributed by atoms with Crippen LogP contribution in [0.2, 0.25) is 0 Å². The van der Waals surface area contributed by atoms with Crippen molar-refractivity contribution in [3.63, 3.8) is 0 Å². The molecule has 5 heteroatoms. The number of likely N-dealkylation sites (tertiary alicyclic amines) is 1. The molecule has 2 rings (SSSR count). The number of aliphatic carboxylic acids is 1. The lowest BCUT2D eigenvalue weighted by Gasteiger charge is -2.34. The molecule has 5 nitrogen and oxygen atoms in total. The number of carboxylic acids is 1. The number of hydrogen-bond acceptors (Lipinski definition) is 3. The molecule has 0 unspecified atom stereocenters. The summed E-state index contributed by atoms with van der Waals surface area (Å²) in [6.45, 7) is 5.96. The minimum atomic E-state index is -0.764. The number of carbonyl (C=O) groups is 2. The maximum absolute atomic E-state index is 12.6. The Morgan fingerprint density at radius 3 is 2.36 bits per heavy atom. The van der Waals surface area contributed by atoms with Crippen molar-refractivity contribution in [3.8, 4) is 0 Å². The highest BCUT2D eigenvalue weighted by Gasteiger charge is 2.45. The summed E-state index contributed by atoms with van der Waals surface area (Å²) >= 11 is 0. The summed E-state index contributed by atoms with van der Waals surface area (Å²) < 4.78 is 0. The zero-order valence-electron chi connectivity index (χ0n) is 14.0. The third-order valence-electron chi connectivity index (χ3n) is 5.16. The van der Waals surface area contributed by atoms with Gasteiger partial charge in [-0.15, -0.1) is 0 Å². The van der Waals surface area contributed by atoms with Crippen LogP contribution in [0.3, 0.4) is 0 Å². The van der Waals surface area contributed by atoms with Gasteiger partial charge in [0.05, 0.1) is 6.54 Å². The van der Waals surface area contributed by atoms with Crippen LogP contribution in [-0.2, 0) is 9.59 Å². The lowest BCUT2D eigenvalue weighted by atomic mass is 9.85. The fourth-order valence-electron chi connectivity index (χ4n) is 4.18. The molecule has 1 N–H and O–H groups in total. The van der Waals surface area contributed by atoms with Crippen molar-refractivity contribution < 1.29 is 14.7 Å². The highest BCUT2D eigenvalue weighted by Crippen LogP contribution is 2.39. The molecule has 2 fully saturated rings. The van der Waals surface area contributed by atoms with Crippen LogP contribution in [0.4, 0.5) is 0 Å². The predicted molar refractivity (Wildman–Crippen MR) is 85.7 cm³/mol. The van der Waals surface area contributed by atoms with E-state index in [1.165, 1.54) is 6.42 Å². The van der Waals surface area contributed by atoms with Crippen LogP contribution in [0.5, 0.6) is 0 Å². The molecule has 126 valence electrons. The second kappa shape index (κ2) is 7.95. The van der Waals surface area contributed by atoms with E-state index in [0.29, 0.717) is 12.0 Å². The second-order valence-corrected chi connectivity index (χ2v) is 6.75. The summed E-state index contributed by atoms with van der Waals surface area (Å²) in [7, 11) is 0. The molecule has 1 aliphatic heterocycles. The van der Waals surface area contributed by atoms with Crippen LogP contribution in [0.1, 0.15) is 58.8 Å². The second-order valence-electron chi connectivity index (χ2n) is 6.75. The van der Waals surface area contributed by atoms with E-state index >= 15 is 0 Å². The molecule has 1 heterocycles. The number of nitrogens with zero attached hydrogens (tertiary/aromatic N) is 2. The Labute approximate surface area is 133 Å². The van der Waals surface area contributed by atoms with Gasteiger partial charge in [-0.1, -0.05) is 26.7 Å². The fourth-order valence-corrected chi connectivity index (χ4v) is 4.18. The van der Waals surface area contributed by atoms with Gasteiger partial charge >= 0.3 is 5.97 Å². The molecule has 1 amide bonds. The van der Waals surface area contributed by atoms with Gasteiger partial charge in [-0.2, -0.15) is 0 Å². The summed E-state index contributed by atoms with van der Waals surface area (Å²) in [5, 5.41) is 9.52. The van der Waals surface area contributed by atoms with Crippen LogP contribution in [-0.4, -0.2) is 58.5 Å². The molecular formula is C17H30N2O3. The molecule has 0 spiro atoms. The highest BCUT2D eigenvalue weighted by atomic mass is 16.4. The molecule has 0 radical (unpaired) electrons. The Balaban J connectivity index is 2.06. The molecule has 0 aromatic carbocycles. The van der Waals surface area contributed by atoms with Gasteiger partial charge in [0, 0.05) is 19.1 Å². The van der Waals surface area contributed by atoms with Crippen LogP contribution in [0, 0.1) is 5.92 Å². The molecule has 2 aliphatic rings. The van der Waals surface area contributed by atoms with Gasteiger partial charge in [-0.05, 0) is 38.0 Å². The topological polar surface area (TPSA) is 60.9 Å². The van der Waals surface area contributed by atoms with Gasteiger partial charge < -0.3 is 10.0 Å². The van der Waals surface area contributed by atoms with Gasteiger partial charge in [-0.3, -0.25) is 14.5 Å². The first-order chi connectivity index (χ1) is 10.6. The Kier molecular flexibility index (Phi) is 6.24. The summed E-state index contributed by atoms with van der Waals surface area (Å²) in [5.41, 5.74) is 0. The van der Waals surface area contributed by atoms with Crippen molar-refractivity contribution in [1.29, 1.82) is 0 Å². The van der Waals surface area contributed by atoms with Gasteiger partial charge in [0.15, 0.2) is 0 Å². The zero-order chi connectivity index (χ0) is 16.1. The number of carbonyl (C=O) groups excluding carboxylic acids is 1. The minimum Gasteiger partial charge on any atom is -0.480 e. The number of rotatable bonds is 7. The average Bonchev–Trinajstić information content (AvgIpc) is 2.86. The first-order valence-electron chi connectivity index (χ1n) is 8.84. The molecule has 3 atom stereocenters. The number of fused-ring (bicyclic) bond motifs is 1. The zero-order valence-corrected chi connectivity index (χ0v) is 14.0. The molecule has 1 aliphatic carbocycles. The van der Waals surface area contributed by atoms with E-state index in [0.717, 1.165) is 51.6 Å². The van der Waals surface area contributed by atoms with Crippen molar-refractivity contribution in [1.82, 2.24) is 9.80 Å². The largest absolute Gasteiger partial charge is 0.480 e. The van der Waals surface area contributed by atoms with Gasteiger partial charge in [0.2, 0.25) is 5.91 Å². The van der Waals surface area contributed by atoms with E-state index in [1.54, 1.807) is 0 Å². The predicted octanol–water partition coefficient (Wildman–Crippen LogP) is 2.35. The monoisotopic (exact) mass is 310 g/mol. The van der Waals surface area contributed by atoms with E-state index in [-0.39, 0.29) is 12.5 Å². The van der Waals surface area contributed by atoms with Crippen molar-refractivity contribution in [3.05, 3.63) is 0 Å². The molecule has 22 heavy (non-hydrogen) atoms. The summed E-state index contributed by atoms with van der Waals surface area (Å²) in [5.74, 6) is -0.200. The van der Waals surface area contributed by atoms with Crippen LogP contribution < -0.4 is 0 Å². The molecule has 1 saturated carbocycles. The lowest BCUT2D eigenvalue weighted by molar-refractivity contribution is -0.144. The van der Waals surface area contributed by atoms with E-state index in [9.17, 15) is 14.7 Å². The van der Waals surface area contributed by atoms with Crippen LogP contribution >= 0.6 is 0 Å². The Hall–Kier alpha value is -1.10. The molecule has 0 aromatic heterocycles. The first-order valence-corrected chi connectivity index (χ1v) is 8.84. The summed E-state index contributed by atoms with van der Waals surface area (Å²) in [6, 6.07) is -0.175. The van der Waals surface area contributed by atoms with Crippen molar-refractivity contribution in [2.75, 3.05) is 19.6 Å². The smallest absolute Gasteiger partial charge is 0.320 e. The quantitative estimate of drug-likeness (QED) is 0.784. The Morgan fingerprint density at radius 2 is 1.77 bits per heavy atom. The third kappa shape index (κ3) is 3.80. The van der Waals surface area contributed by atoms with Gasteiger partial charge in [0.25, 0.3) is 0 Å². The average molecular weight is 310 g/mol. The van der Waals surface area contributed by atoms with Crippen molar-refractivity contribution in [2.24, 2.45) is 5.92 Å². The molecule has 0 bridgehead atoms. The van der Waals surface area contributed by atoms with Gasteiger partial charge in [0.1, 0.15) is 6.04 Å². The molecule has 0 aromatic rings. The SMILES string of the molecule is CCCN(CCC)C(=O)CN1[C@@H]2CCCC[C@H]2C[C@H]1C(=O)O. The van der Waals surface area contributed by atoms with E-state index in [1.807, 2.05) is 9.80 Å². The number of carboxylic acid groups (broad SMARTS) is 1. The standard InChI is InChI=1S/C17H30N2O3/c1-3-9-18(10-4-2)16(20)12-19-14-8-6-5-7-13(14)11-15(19)17(21)22/h13-15H,3-12H2,1-2H3,(H,21,22)/t13-,14+,15-/m0/s1. The molecule has 1 saturated heterocycles. The van der Waals surface area contributed by atoms with Crippen molar-refractivity contribution in [2.45, 2.75) is 70.9 Å². The maximum atomic E-state index is 12.6. The third-order valence-corrected chi connectivity index (χ3v) is 5.16. The van der Waals surface area contributed by atoms with E-state index in [2.05, 4.69) is 13.8 Å². The van der Waals surface area contributed by atoms with E-state index in [4.69, 9.17) is 0 Å². The summed E-state index contributed by atoms with van der Waals surface area (Å²) in [6.07, 6.45) is 7.13. The number of hydrogen-bond donors (Lipinski definition) is 1. The lowest BCUT2D eigenvalue weighted by Crippen LogP contribution is -2.48. The van der Waals surface area contributed by atoms with Crippen LogP contribution in [0.25, 0.3) is 0 Å². The van der Waals surface area contributed by atoms with E-state index < -0.39 is 12.0 Å². The molecular weight excluding hydrogens is 280 g/mol. The Bertz CT molecular complexity index is 393. The maximum Gasteiger partial charge on any atom is 0.320 e. The Morgan fingerprint density at radius 1 is 1.14 bits per heavy atom. The summed E-state index contributed by atoms with van der Waals surface area (Å²) in [4.78, 5) is 28.1. The number of amides is 1. The highest BCUT2D eigenvalue weighted by molar-refractivity contribution is 5.80. The fraction of sp³-hybridized carbons (Fsp3) is 0.882. The van der Waals surface area contributed by atoms with Crippen molar-refractivity contribution >= 4 is 11.9 Å². The minimum absolute atomic E-state index is 0.0983. The van der Waals surface area contributed by atoms with Gasteiger partial charge in [-0.25, -0.2) is 0 Å². The van der Waals surface area contributed by atoms with Crippen LogP contribution in [0.15, 0.2) is 0 Å². The normalized spacial score (nSPS) is 28.4.